The van der Waals surface area contributed by atoms with E-state index >= 15 is 0 Å². The molecule has 0 unspecified atom stereocenters. The van der Waals surface area contributed by atoms with E-state index in [0.29, 0.717) is 12.1 Å². The second kappa shape index (κ2) is 8.11. The van der Waals surface area contributed by atoms with E-state index in [4.69, 9.17) is 4.74 Å². The van der Waals surface area contributed by atoms with Crippen molar-refractivity contribution in [3.05, 3.63) is 29.8 Å². The number of likely N-dealkylation sites (N-methyl/N-ethyl adjacent to an activating group) is 1. The topological polar surface area (TPSA) is 84.5 Å². The van der Waals surface area contributed by atoms with Crippen LogP contribution in [0, 0.1) is 0 Å². The predicted molar refractivity (Wildman–Crippen MR) is 80.7 cm³/mol. The summed E-state index contributed by atoms with van der Waals surface area (Å²) >= 11 is 0. The van der Waals surface area contributed by atoms with Gasteiger partial charge in [-0.25, -0.2) is 17.9 Å². The zero-order valence-corrected chi connectivity index (χ0v) is 13.4. The molecule has 0 aliphatic heterocycles. The molecule has 6 nitrogen and oxygen atoms in total. The molecule has 118 valence electrons. The van der Waals surface area contributed by atoms with Crippen LogP contribution in [-0.2, 0) is 14.8 Å². The zero-order chi connectivity index (χ0) is 15.9. The summed E-state index contributed by atoms with van der Waals surface area (Å²) in [5, 5.41) is 3.12. The van der Waals surface area contributed by atoms with Crippen LogP contribution in [0.2, 0.25) is 0 Å². The van der Waals surface area contributed by atoms with E-state index in [1.807, 2.05) is 13.8 Å². The number of carbonyl (C=O) groups is 1. The molecule has 1 aromatic rings. The van der Waals surface area contributed by atoms with Crippen molar-refractivity contribution >= 4 is 16.0 Å². The number of ether oxygens (including phenoxy) is 1. The summed E-state index contributed by atoms with van der Waals surface area (Å²) in [5.41, 5.74) is 0.330. The molecule has 0 amide bonds. The van der Waals surface area contributed by atoms with Crippen LogP contribution in [0.1, 0.15) is 31.1 Å². The monoisotopic (exact) mass is 314 g/mol. The van der Waals surface area contributed by atoms with Gasteiger partial charge in [0.1, 0.15) is 0 Å². The fourth-order valence-electron chi connectivity index (χ4n) is 1.72. The predicted octanol–water partition coefficient (Wildman–Crippen LogP) is 1.14. The number of rotatable bonds is 8. The average molecular weight is 314 g/mol. The normalized spacial score (nSPS) is 12.9. The van der Waals surface area contributed by atoms with Crippen molar-refractivity contribution in [1.29, 1.82) is 0 Å². The Morgan fingerprint density at radius 2 is 1.86 bits per heavy atom. The molecule has 0 aliphatic carbocycles. The number of nitrogens with one attached hydrogen (secondary N) is 2. The zero-order valence-electron chi connectivity index (χ0n) is 12.5. The van der Waals surface area contributed by atoms with Crippen molar-refractivity contribution in [2.24, 2.45) is 0 Å². The standard InChI is InChI=1S/C14H22N2O4S/c1-4-15-11(3)10-16-21(18,19)13-8-6-12(7-9-13)14(17)20-5-2/h6-9,11,15-16H,4-5,10H2,1-3H3/t11-/m1/s1. The van der Waals surface area contributed by atoms with Crippen LogP contribution >= 0.6 is 0 Å². The molecule has 7 heteroatoms. The Morgan fingerprint density at radius 3 is 2.38 bits per heavy atom. The van der Waals surface area contributed by atoms with Crippen molar-refractivity contribution < 1.29 is 17.9 Å². The first-order valence-electron chi connectivity index (χ1n) is 6.91. The molecule has 0 bridgehead atoms. The van der Waals surface area contributed by atoms with Crippen molar-refractivity contribution in [3.63, 3.8) is 0 Å². The van der Waals surface area contributed by atoms with Gasteiger partial charge in [0.05, 0.1) is 17.1 Å². The van der Waals surface area contributed by atoms with Gasteiger partial charge in [0.25, 0.3) is 0 Å². The molecule has 0 spiro atoms. The maximum absolute atomic E-state index is 12.1. The van der Waals surface area contributed by atoms with Crippen LogP contribution in [0.15, 0.2) is 29.2 Å². The summed E-state index contributed by atoms with van der Waals surface area (Å²) in [7, 11) is -3.57. The lowest BCUT2D eigenvalue weighted by Crippen LogP contribution is -2.38. The molecule has 0 heterocycles. The lowest BCUT2D eigenvalue weighted by Gasteiger charge is -2.13. The van der Waals surface area contributed by atoms with Gasteiger partial charge >= 0.3 is 5.97 Å². The number of sulfonamides is 1. The van der Waals surface area contributed by atoms with Gasteiger partial charge in [-0.05, 0) is 44.7 Å². The SMILES string of the molecule is CCN[C@H](C)CNS(=O)(=O)c1ccc(C(=O)OCC)cc1. The highest BCUT2D eigenvalue weighted by atomic mass is 32.2. The molecule has 1 aromatic carbocycles. The van der Waals surface area contributed by atoms with E-state index in [1.165, 1.54) is 24.3 Å². The number of benzene rings is 1. The molecule has 0 saturated carbocycles. The largest absolute Gasteiger partial charge is 0.462 e. The Labute approximate surface area is 125 Å². The highest BCUT2D eigenvalue weighted by Crippen LogP contribution is 2.11. The first kappa shape index (κ1) is 17.6. The Bertz CT molecular complexity index is 555. The highest BCUT2D eigenvalue weighted by Gasteiger charge is 2.16. The second-order valence-electron chi connectivity index (χ2n) is 4.56. The Kier molecular flexibility index (Phi) is 6.80. The molecule has 0 radical (unpaired) electrons. The van der Waals surface area contributed by atoms with Crippen molar-refractivity contribution in [2.45, 2.75) is 31.7 Å². The third-order valence-electron chi connectivity index (χ3n) is 2.81. The third kappa shape index (κ3) is 5.45. The number of esters is 1. The summed E-state index contributed by atoms with van der Waals surface area (Å²) < 4.78 is 31.6. The quantitative estimate of drug-likeness (QED) is 0.703. The van der Waals surface area contributed by atoms with E-state index in [2.05, 4.69) is 10.0 Å². The van der Waals surface area contributed by atoms with Crippen molar-refractivity contribution in [1.82, 2.24) is 10.0 Å². The van der Waals surface area contributed by atoms with Gasteiger partial charge in [0.2, 0.25) is 10.0 Å². The maximum Gasteiger partial charge on any atom is 0.338 e. The first-order valence-corrected chi connectivity index (χ1v) is 8.39. The summed E-state index contributed by atoms with van der Waals surface area (Å²) in [5.74, 6) is -0.463. The fourth-order valence-corrected chi connectivity index (χ4v) is 2.85. The van der Waals surface area contributed by atoms with Gasteiger partial charge in [0, 0.05) is 12.6 Å². The summed E-state index contributed by atoms with van der Waals surface area (Å²) in [6.45, 7) is 6.93. The van der Waals surface area contributed by atoms with Crippen molar-refractivity contribution in [2.75, 3.05) is 19.7 Å². The van der Waals surface area contributed by atoms with E-state index in [0.717, 1.165) is 6.54 Å². The second-order valence-corrected chi connectivity index (χ2v) is 6.32. The Balaban J connectivity index is 2.73. The molecule has 0 fully saturated rings. The fraction of sp³-hybridized carbons (Fsp3) is 0.500. The molecule has 2 N–H and O–H groups in total. The first-order chi connectivity index (χ1) is 9.90. The van der Waals surface area contributed by atoms with Crippen LogP contribution in [0.3, 0.4) is 0 Å². The molecule has 0 aromatic heterocycles. The van der Waals surface area contributed by atoms with Crippen LogP contribution in [0.5, 0.6) is 0 Å². The third-order valence-corrected chi connectivity index (χ3v) is 4.25. The Hall–Kier alpha value is -1.44. The van der Waals surface area contributed by atoms with E-state index in [1.54, 1.807) is 6.92 Å². The van der Waals surface area contributed by atoms with Crippen LogP contribution < -0.4 is 10.0 Å². The van der Waals surface area contributed by atoms with Gasteiger partial charge in [-0.15, -0.1) is 0 Å². The maximum atomic E-state index is 12.1. The minimum atomic E-state index is -3.57. The summed E-state index contributed by atoms with van der Waals surface area (Å²) in [6, 6.07) is 5.73. The number of carbonyl (C=O) groups excluding carboxylic acids is 1. The van der Waals surface area contributed by atoms with Crippen LogP contribution in [0.25, 0.3) is 0 Å². The highest BCUT2D eigenvalue weighted by molar-refractivity contribution is 7.89. The van der Waals surface area contributed by atoms with Crippen molar-refractivity contribution in [3.8, 4) is 0 Å². The molecule has 1 rings (SSSR count). The minimum absolute atomic E-state index is 0.0450. The van der Waals surface area contributed by atoms with Crippen LogP contribution in [0.4, 0.5) is 0 Å². The molecular weight excluding hydrogens is 292 g/mol. The van der Waals surface area contributed by atoms with E-state index in [-0.39, 0.29) is 17.5 Å². The molecule has 21 heavy (non-hydrogen) atoms. The number of hydrogen-bond acceptors (Lipinski definition) is 5. The minimum Gasteiger partial charge on any atom is -0.462 e. The molecule has 0 aliphatic rings. The van der Waals surface area contributed by atoms with Gasteiger partial charge < -0.3 is 10.1 Å². The van der Waals surface area contributed by atoms with Gasteiger partial charge in [-0.3, -0.25) is 0 Å². The lowest BCUT2D eigenvalue weighted by molar-refractivity contribution is 0.0526. The van der Waals surface area contributed by atoms with Gasteiger partial charge in [-0.2, -0.15) is 0 Å². The van der Waals surface area contributed by atoms with Crippen LogP contribution in [-0.4, -0.2) is 40.1 Å². The number of hydrogen-bond donors (Lipinski definition) is 2. The molecular formula is C14H22N2O4S. The Morgan fingerprint density at radius 1 is 1.24 bits per heavy atom. The lowest BCUT2D eigenvalue weighted by atomic mass is 10.2. The molecule has 1 atom stereocenters. The van der Waals surface area contributed by atoms with E-state index in [9.17, 15) is 13.2 Å². The van der Waals surface area contributed by atoms with Gasteiger partial charge in [-0.1, -0.05) is 6.92 Å². The smallest absolute Gasteiger partial charge is 0.338 e. The molecule has 0 saturated heterocycles. The van der Waals surface area contributed by atoms with E-state index < -0.39 is 16.0 Å². The average Bonchev–Trinajstić information content (AvgIpc) is 2.46. The summed E-state index contributed by atoms with van der Waals surface area (Å²) in [4.78, 5) is 11.6. The van der Waals surface area contributed by atoms with Gasteiger partial charge in [0.15, 0.2) is 0 Å². The summed E-state index contributed by atoms with van der Waals surface area (Å²) in [6.07, 6.45) is 0.